The summed E-state index contributed by atoms with van der Waals surface area (Å²) in [6, 6.07) is 26.8. The first-order valence-corrected chi connectivity index (χ1v) is 11.6. The molecule has 1 saturated heterocycles. The standard InChI is InChI=1S/C28H27ClN4/c1-20-3-12-27(25(15-20)17-31)33-14-13-32(19-28(33)24-8-10-26(29)11-9-24)18-21(2)23-6-4-22(16-30)5-7-23/h3-12,15,21,28H,13-14,18-19H2,1-2H3. The lowest BCUT2D eigenvalue weighted by molar-refractivity contribution is 0.214. The first kappa shape index (κ1) is 22.9. The van der Waals surface area contributed by atoms with Crippen LogP contribution in [0.25, 0.3) is 0 Å². The Hall–Kier alpha value is -3.31. The molecule has 0 radical (unpaired) electrons. The van der Waals surface area contributed by atoms with Crippen LogP contribution in [-0.4, -0.2) is 31.1 Å². The van der Waals surface area contributed by atoms with Gasteiger partial charge >= 0.3 is 0 Å². The number of anilines is 1. The topological polar surface area (TPSA) is 54.1 Å². The van der Waals surface area contributed by atoms with Gasteiger partial charge in [0.2, 0.25) is 0 Å². The zero-order valence-electron chi connectivity index (χ0n) is 19.0. The van der Waals surface area contributed by atoms with Crippen molar-refractivity contribution in [3.8, 4) is 12.1 Å². The Morgan fingerprint density at radius 3 is 2.36 bits per heavy atom. The number of hydrogen-bond donors (Lipinski definition) is 0. The number of benzene rings is 3. The van der Waals surface area contributed by atoms with Crippen molar-refractivity contribution in [1.82, 2.24) is 4.90 Å². The van der Waals surface area contributed by atoms with Crippen molar-refractivity contribution in [2.24, 2.45) is 0 Å². The lowest BCUT2D eigenvalue weighted by Gasteiger charge is -2.44. The second-order valence-electron chi connectivity index (χ2n) is 8.79. The molecule has 1 aliphatic rings. The first-order valence-electron chi connectivity index (χ1n) is 11.2. The average Bonchev–Trinajstić information content (AvgIpc) is 2.84. The molecule has 4 rings (SSSR count). The van der Waals surface area contributed by atoms with Gasteiger partial charge in [-0.1, -0.05) is 48.9 Å². The molecule has 33 heavy (non-hydrogen) atoms. The molecule has 1 aliphatic heterocycles. The van der Waals surface area contributed by atoms with Crippen molar-refractivity contribution in [3.63, 3.8) is 0 Å². The van der Waals surface area contributed by atoms with E-state index in [0.29, 0.717) is 17.0 Å². The van der Waals surface area contributed by atoms with Crippen LogP contribution < -0.4 is 4.90 Å². The van der Waals surface area contributed by atoms with Crippen molar-refractivity contribution in [2.45, 2.75) is 25.8 Å². The summed E-state index contributed by atoms with van der Waals surface area (Å²) in [6.07, 6.45) is 0. The third-order valence-corrected chi connectivity index (χ3v) is 6.69. The van der Waals surface area contributed by atoms with Crippen LogP contribution in [0.3, 0.4) is 0 Å². The van der Waals surface area contributed by atoms with E-state index in [-0.39, 0.29) is 6.04 Å². The Bertz CT molecular complexity index is 1190. The molecule has 0 aromatic heterocycles. The fourth-order valence-corrected chi connectivity index (χ4v) is 4.76. The predicted molar refractivity (Wildman–Crippen MR) is 133 cm³/mol. The molecule has 0 bridgehead atoms. The molecule has 2 atom stereocenters. The van der Waals surface area contributed by atoms with Gasteiger partial charge < -0.3 is 4.90 Å². The van der Waals surface area contributed by atoms with E-state index >= 15 is 0 Å². The minimum absolute atomic E-state index is 0.124. The molecular weight excluding hydrogens is 428 g/mol. The van der Waals surface area contributed by atoms with Crippen molar-refractivity contribution < 1.29 is 0 Å². The highest BCUT2D eigenvalue weighted by atomic mass is 35.5. The lowest BCUT2D eigenvalue weighted by atomic mass is 9.96. The Labute approximate surface area is 201 Å². The van der Waals surface area contributed by atoms with Crippen molar-refractivity contribution in [2.75, 3.05) is 31.1 Å². The Morgan fingerprint density at radius 2 is 1.70 bits per heavy atom. The Kier molecular flexibility index (Phi) is 6.99. The fraction of sp³-hybridized carbons (Fsp3) is 0.286. The van der Waals surface area contributed by atoms with Crippen LogP contribution in [0.4, 0.5) is 5.69 Å². The number of rotatable bonds is 5. The maximum absolute atomic E-state index is 9.78. The van der Waals surface area contributed by atoms with Crippen molar-refractivity contribution in [1.29, 1.82) is 10.5 Å². The number of hydrogen-bond acceptors (Lipinski definition) is 4. The quantitative estimate of drug-likeness (QED) is 0.470. The van der Waals surface area contributed by atoms with E-state index in [2.05, 4.69) is 65.3 Å². The summed E-state index contributed by atoms with van der Waals surface area (Å²) in [5.74, 6) is 0.351. The van der Waals surface area contributed by atoms with Gasteiger partial charge in [0.25, 0.3) is 0 Å². The summed E-state index contributed by atoms with van der Waals surface area (Å²) in [6.45, 7) is 7.81. The summed E-state index contributed by atoms with van der Waals surface area (Å²) in [5, 5.41) is 19.6. The average molecular weight is 455 g/mol. The molecule has 3 aromatic rings. The van der Waals surface area contributed by atoms with Crippen LogP contribution in [0.1, 0.15) is 46.7 Å². The highest BCUT2D eigenvalue weighted by Gasteiger charge is 2.30. The van der Waals surface area contributed by atoms with E-state index in [1.165, 1.54) is 11.1 Å². The predicted octanol–water partition coefficient (Wildman–Crippen LogP) is 6.06. The van der Waals surface area contributed by atoms with Crippen LogP contribution >= 0.6 is 11.6 Å². The molecule has 0 aliphatic carbocycles. The molecule has 4 nitrogen and oxygen atoms in total. The number of halogens is 1. The molecule has 166 valence electrons. The van der Waals surface area contributed by atoms with E-state index in [4.69, 9.17) is 16.9 Å². The summed E-state index contributed by atoms with van der Waals surface area (Å²) < 4.78 is 0. The van der Waals surface area contributed by atoms with Gasteiger partial charge in [-0.05, 0) is 65.9 Å². The van der Waals surface area contributed by atoms with Gasteiger partial charge in [0.05, 0.1) is 28.9 Å². The minimum Gasteiger partial charge on any atom is -0.361 e. The third-order valence-electron chi connectivity index (χ3n) is 6.44. The molecule has 1 fully saturated rings. The molecule has 1 heterocycles. The molecule has 0 amide bonds. The van der Waals surface area contributed by atoms with E-state index in [1.807, 2.05) is 37.3 Å². The summed E-state index contributed by atoms with van der Waals surface area (Å²) >= 11 is 6.17. The summed E-state index contributed by atoms with van der Waals surface area (Å²) in [5.41, 5.74) is 5.92. The van der Waals surface area contributed by atoms with Crippen molar-refractivity contribution >= 4 is 17.3 Å². The monoisotopic (exact) mass is 454 g/mol. The molecule has 2 unspecified atom stereocenters. The zero-order chi connectivity index (χ0) is 23.4. The minimum atomic E-state index is 0.124. The van der Waals surface area contributed by atoms with E-state index in [1.54, 1.807) is 0 Å². The molecule has 0 saturated carbocycles. The first-order chi connectivity index (χ1) is 16.0. The van der Waals surface area contributed by atoms with Crippen LogP contribution in [0.15, 0.2) is 66.7 Å². The largest absolute Gasteiger partial charge is 0.361 e. The number of aryl methyl sites for hydroxylation is 1. The fourth-order valence-electron chi connectivity index (χ4n) is 4.63. The van der Waals surface area contributed by atoms with Crippen LogP contribution in [0, 0.1) is 29.6 Å². The maximum Gasteiger partial charge on any atom is 0.101 e. The number of piperazine rings is 1. The number of nitrogens with zero attached hydrogens (tertiary/aromatic N) is 4. The molecule has 0 N–H and O–H groups in total. The van der Waals surface area contributed by atoms with E-state index < -0.39 is 0 Å². The Balaban J connectivity index is 1.59. The SMILES string of the molecule is Cc1ccc(N2CCN(CC(C)c3ccc(C#N)cc3)CC2c2ccc(Cl)cc2)c(C#N)c1. The van der Waals surface area contributed by atoms with Gasteiger partial charge in [0, 0.05) is 31.2 Å². The van der Waals surface area contributed by atoms with Crippen molar-refractivity contribution in [3.05, 3.63) is 99.6 Å². The zero-order valence-corrected chi connectivity index (χ0v) is 19.8. The second-order valence-corrected chi connectivity index (χ2v) is 9.22. The maximum atomic E-state index is 9.78. The highest BCUT2D eigenvalue weighted by molar-refractivity contribution is 6.30. The third kappa shape index (κ3) is 5.20. The van der Waals surface area contributed by atoms with Gasteiger partial charge in [0.1, 0.15) is 6.07 Å². The number of nitriles is 2. The van der Waals surface area contributed by atoms with Crippen LogP contribution in [-0.2, 0) is 0 Å². The Morgan fingerprint density at radius 1 is 0.970 bits per heavy atom. The van der Waals surface area contributed by atoms with Crippen LogP contribution in [0.5, 0.6) is 0 Å². The van der Waals surface area contributed by atoms with Gasteiger partial charge in [-0.3, -0.25) is 4.90 Å². The van der Waals surface area contributed by atoms with Gasteiger partial charge in [0.15, 0.2) is 0 Å². The van der Waals surface area contributed by atoms with Gasteiger partial charge in [-0.15, -0.1) is 0 Å². The normalized spacial score (nSPS) is 17.2. The highest BCUT2D eigenvalue weighted by Crippen LogP contribution is 2.34. The molecule has 0 spiro atoms. The van der Waals surface area contributed by atoms with E-state index in [9.17, 15) is 5.26 Å². The van der Waals surface area contributed by atoms with Gasteiger partial charge in [-0.25, -0.2) is 0 Å². The molecular formula is C28H27ClN4. The van der Waals surface area contributed by atoms with Gasteiger partial charge in [-0.2, -0.15) is 10.5 Å². The second kappa shape index (κ2) is 10.1. The van der Waals surface area contributed by atoms with E-state index in [0.717, 1.165) is 42.5 Å². The molecule has 5 heteroatoms. The summed E-state index contributed by atoms with van der Waals surface area (Å²) in [7, 11) is 0. The smallest absolute Gasteiger partial charge is 0.101 e. The van der Waals surface area contributed by atoms with Crippen LogP contribution in [0.2, 0.25) is 5.02 Å². The summed E-state index contributed by atoms with van der Waals surface area (Å²) in [4.78, 5) is 4.86. The lowest BCUT2D eigenvalue weighted by Crippen LogP contribution is -2.49. The molecule has 3 aromatic carbocycles.